The Labute approximate surface area is 225 Å². The summed E-state index contributed by atoms with van der Waals surface area (Å²) in [6.07, 6.45) is 3.13. The van der Waals surface area contributed by atoms with E-state index in [9.17, 15) is 14.4 Å². The second-order valence-corrected chi connectivity index (χ2v) is 9.41. The molecular weight excluding hydrogens is 500 g/mol. The van der Waals surface area contributed by atoms with Crippen molar-refractivity contribution < 1.29 is 19.1 Å². The largest absolute Gasteiger partial charge is 0.467 e. The topological polar surface area (TPSA) is 160 Å². The third-order valence-electron chi connectivity index (χ3n) is 7.05. The lowest BCUT2D eigenvalue weighted by Crippen LogP contribution is -2.49. The Morgan fingerprint density at radius 1 is 1.18 bits per heavy atom. The van der Waals surface area contributed by atoms with Crippen LogP contribution in [0.5, 0.6) is 0 Å². The molecule has 1 saturated heterocycles. The van der Waals surface area contributed by atoms with E-state index in [1.165, 1.54) is 23.0 Å². The van der Waals surface area contributed by atoms with Crippen LogP contribution in [0.15, 0.2) is 48.8 Å². The van der Waals surface area contributed by atoms with Gasteiger partial charge in [0, 0.05) is 25.2 Å². The maximum atomic E-state index is 13.5. The molecule has 2 N–H and O–H groups in total. The van der Waals surface area contributed by atoms with Crippen molar-refractivity contribution in [2.75, 3.05) is 25.1 Å². The molecule has 1 aliphatic rings. The van der Waals surface area contributed by atoms with Crippen molar-refractivity contribution >= 4 is 23.6 Å². The number of carbonyl (C=O) groups excluding carboxylic acids is 3. The number of ether oxygens (including phenoxy) is 1. The number of amides is 3. The first-order chi connectivity index (χ1) is 18.8. The molecule has 0 aliphatic carbocycles. The number of nitriles is 1. The van der Waals surface area contributed by atoms with Gasteiger partial charge in [0.2, 0.25) is 0 Å². The number of aryl methyl sites for hydroxylation is 2. The highest BCUT2D eigenvalue weighted by Gasteiger charge is 2.33. The van der Waals surface area contributed by atoms with Crippen LogP contribution in [0.2, 0.25) is 0 Å². The highest BCUT2D eigenvalue weighted by atomic mass is 16.5. The van der Waals surface area contributed by atoms with Gasteiger partial charge in [-0.3, -0.25) is 9.69 Å². The highest BCUT2D eigenvalue weighted by Crippen LogP contribution is 2.30. The molecule has 4 rings (SSSR count). The third kappa shape index (κ3) is 6.20. The van der Waals surface area contributed by atoms with Crippen LogP contribution in [0.3, 0.4) is 0 Å². The minimum absolute atomic E-state index is 0.140. The zero-order valence-electron chi connectivity index (χ0n) is 21.9. The van der Waals surface area contributed by atoms with Gasteiger partial charge in [-0.1, -0.05) is 18.2 Å². The van der Waals surface area contributed by atoms with Crippen molar-refractivity contribution in [3.05, 3.63) is 71.0 Å². The molecule has 1 aromatic heterocycles. The molecule has 202 valence electrons. The second kappa shape index (κ2) is 12.2. The van der Waals surface area contributed by atoms with Gasteiger partial charge < -0.3 is 15.4 Å². The summed E-state index contributed by atoms with van der Waals surface area (Å²) < 4.78 is 6.40. The van der Waals surface area contributed by atoms with Gasteiger partial charge in [0.15, 0.2) is 0 Å². The van der Waals surface area contributed by atoms with Gasteiger partial charge in [-0.25, -0.2) is 14.3 Å². The third-order valence-corrected chi connectivity index (χ3v) is 7.05. The second-order valence-electron chi connectivity index (χ2n) is 9.41. The predicted molar refractivity (Wildman–Crippen MR) is 141 cm³/mol. The maximum Gasteiger partial charge on any atom is 0.329 e. The molecule has 1 fully saturated rings. The Bertz CT molecular complexity index is 1360. The number of hydrogen-bond acceptors (Lipinski definition) is 8. The molecule has 0 saturated carbocycles. The van der Waals surface area contributed by atoms with E-state index >= 15 is 0 Å². The summed E-state index contributed by atoms with van der Waals surface area (Å²) in [5.74, 6) is -0.508. The van der Waals surface area contributed by atoms with Crippen molar-refractivity contribution in [2.24, 2.45) is 5.73 Å². The standard InChI is InChI=1S/C27H30N8O4/c1-18-3-6-22(25(36)33-12-9-21(10-13-33)20-7-4-19(16-28)5-8-20)15-24(18)35(27(29)38)23(26(37)39-2)11-14-34-17-30-31-32-34/h3-8,15,17,21,23H,9-14H2,1-2H3,(H2,29,38). The highest BCUT2D eigenvalue weighted by molar-refractivity contribution is 6.01. The van der Waals surface area contributed by atoms with E-state index in [1.54, 1.807) is 30.0 Å². The number of rotatable bonds is 8. The molecule has 1 unspecified atom stereocenters. The Kier molecular flexibility index (Phi) is 8.50. The zero-order valence-corrected chi connectivity index (χ0v) is 21.9. The molecule has 0 radical (unpaired) electrons. The fourth-order valence-corrected chi connectivity index (χ4v) is 4.90. The summed E-state index contributed by atoms with van der Waals surface area (Å²) in [5, 5.41) is 20.0. The number of primary amides is 1. The minimum Gasteiger partial charge on any atom is -0.467 e. The number of esters is 1. The fraction of sp³-hybridized carbons (Fsp3) is 0.370. The summed E-state index contributed by atoms with van der Waals surface area (Å²) in [4.78, 5) is 41.8. The molecule has 3 amide bonds. The molecule has 1 atom stereocenters. The molecule has 0 spiro atoms. The van der Waals surface area contributed by atoms with E-state index in [1.807, 2.05) is 24.3 Å². The van der Waals surface area contributed by atoms with Crippen LogP contribution in [0.25, 0.3) is 0 Å². The lowest BCUT2D eigenvalue weighted by atomic mass is 9.89. The SMILES string of the molecule is COC(=O)C(CCn1cnnn1)N(C(N)=O)c1cc(C(=O)N2CCC(c3ccc(C#N)cc3)CC2)ccc1C. The summed E-state index contributed by atoms with van der Waals surface area (Å²) >= 11 is 0. The van der Waals surface area contributed by atoms with Crippen LogP contribution < -0.4 is 10.6 Å². The van der Waals surface area contributed by atoms with Crippen molar-refractivity contribution in [2.45, 2.75) is 44.7 Å². The van der Waals surface area contributed by atoms with Crippen LogP contribution in [-0.2, 0) is 16.1 Å². The number of nitrogens with zero attached hydrogens (tertiary/aromatic N) is 7. The van der Waals surface area contributed by atoms with Gasteiger partial charge in [-0.15, -0.1) is 5.10 Å². The number of likely N-dealkylation sites (tertiary alicyclic amines) is 1. The van der Waals surface area contributed by atoms with Crippen molar-refractivity contribution in [1.29, 1.82) is 5.26 Å². The predicted octanol–water partition coefficient (Wildman–Crippen LogP) is 2.39. The monoisotopic (exact) mass is 530 g/mol. The average Bonchev–Trinajstić information content (AvgIpc) is 3.49. The van der Waals surface area contributed by atoms with Crippen LogP contribution in [0.4, 0.5) is 10.5 Å². The Morgan fingerprint density at radius 3 is 2.49 bits per heavy atom. The summed E-state index contributed by atoms with van der Waals surface area (Å²) in [7, 11) is 1.24. The Hall–Kier alpha value is -4.79. The molecule has 1 aliphatic heterocycles. The minimum atomic E-state index is -1.05. The number of anilines is 1. The first kappa shape index (κ1) is 27.3. The van der Waals surface area contributed by atoms with E-state index in [-0.39, 0.29) is 18.9 Å². The number of hydrogen-bond donors (Lipinski definition) is 1. The lowest BCUT2D eigenvalue weighted by molar-refractivity contribution is -0.142. The quantitative estimate of drug-likeness (QED) is 0.434. The average molecular weight is 531 g/mol. The maximum absolute atomic E-state index is 13.5. The normalized spacial score (nSPS) is 14.3. The number of tetrazole rings is 1. The van der Waals surface area contributed by atoms with E-state index < -0.39 is 18.0 Å². The first-order valence-electron chi connectivity index (χ1n) is 12.6. The number of aromatic nitrogens is 4. The van der Waals surface area contributed by atoms with Gasteiger partial charge in [-0.2, -0.15) is 5.26 Å². The Morgan fingerprint density at radius 2 is 1.90 bits per heavy atom. The number of urea groups is 1. The molecule has 39 heavy (non-hydrogen) atoms. The van der Waals surface area contributed by atoms with Crippen LogP contribution in [-0.4, -0.2) is 69.3 Å². The van der Waals surface area contributed by atoms with E-state index in [0.29, 0.717) is 41.4 Å². The molecule has 12 heteroatoms. The number of nitrogens with two attached hydrogens (primary N) is 1. The van der Waals surface area contributed by atoms with Gasteiger partial charge in [0.05, 0.1) is 24.4 Å². The van der Waals surface area contributed by atoms with E-state index in [0.717, 1.165) is 18.4 Å². The zero-order chi connectivity index (χ0) is 27.9. The number of piperidine rings is 1. The van der Waals surface area contributed by atoms with Crippen molar-refractivity contribution in [3.63, 3.8) is 0 Å². The molecule has 2 aromatic carbocycles. The number of carbonyl (C=O) groups is 3. The van der Waals surface area contributed by atoms with Crippen molar-refractivity contribution in [1.82, 2.24) is 25.1 Å². The summed E-state index contributed by atoms with van der Waals surface area (Å²) in [6.45, 7) is 3.16. The molecule has 12 nitrogen and oxygen atoms in total. The molecule has 2 heterocycles. The van der Waals surface area contributed by atoms with Gasteiger partial charge in [-0.05, 0) is 77.9 Å². The van der Waals surface area contributed by atoms with E-state index in [2.05, 4.69) is 21.6 Å². The van der Waals surface area contributed by atoms with Crippen LogP contribution in [0.1, 0.15) is 52.2 Å². The Balaban J connectivity index is 1.52. The number of methoxy groups -OCH3 is 1. The van der Waals surface area contributed by atoms with Crippen LogP contribution >= 0.6 is 0 Å². The lowest BCUT2D eigenvalue weighted by Gasteiger charge is -2.33. The number of benzene rings is 2. The van der Waals surface area contributed by atoms with E-state index in [4.69, 9.17) is 15.7 Å². The molecule has 3 aromatic rings. The summed E-state index contributed by atoms with van der Waals surface area (Å²) in [5.41, 5.74) is 8.95. The molecular formula is C27H30N8O4. The smallest absolute Gasteiger partial charge is 0.329 e. The van der Waals surface area contributed by atoms with Crippen molar-refractivity contribution in [3.8, 4) is 6.07 Å². The van der Waals surface area contributed by atoms with Gasteiger partial charge in [0.25, 0.3) is 5.91 Å². The van der Waals surface area contributed by atoms with Gasteiger partial charge >= 0.3 is 12.0 Å². The first-order valence-corrected chi connectivity index (χ1v) is 12.6. The van der Waals surface area contributed by atoms with Gasteiger partial charge in [0.1, 0.15) is 12.4 Å². The molecule has 0 bridgehead atoms. The summed E-state index contributed by atoms with van der Waals surface area (Å²) in [6, 6.07) is 12.9. The fourth-order valence-electron chi connectivity index (χ4n) is 4.90. The van der Waals surface area contributed by atoms with Crippen LogP contribution in [0, 0.1) is 18.3 Å².